The first-order valence-electron chi connectivity index (χ1n) is 5.17. The summed E-state index contributed by atoms with van der Waals surface area (Å²) in [6, 6.07) is 8.42. The maximum absolute atomic E-state index is 5.64. The monoisotopic (exact) mass is 202 g/mol. The summed E-state index contributed by atoms with van der Waals surface area (Å²) in [6.07, 6.45) is 2.95. The Morgan fingerprint density at radius 3 is 2.33 bits per heavy atom. The fraction of sp³-hybridized carbons (Fsp3) is 0.308. The van der Waals surface area contributed by atoms with E-state index in [9.17, 15) is 0 Å². The molecule has 0 aliphatic heterocycles. The molecule has 0 fully saturated rings. The van der Waals surface area contributed by atoms with Gasteiger partial charge in [-0.05, 0) is 30.5 Å². The van der Waals surface area contributed by atoms with Crippen molar-refractivity contribution in [2.45, 2.75) is 20.3 Å². The quantitative estimate of drug-likeness (QED) is 0.751. The minimum absolute atomic E-state index is 0.773. The van der Waals surface area contributed by atoms with Crippen LogP contribution in [-0.2, 0) is 6.42 Å². The molecular weight excluding hydrogens is 184 g/mol. The van der Waals surface area contributed by atoms with Crippen LogP contribution in [0.3, 0.4) is 0 Å². The predicted octanol–water partition coefficient (Wildman–Crippen LogP) is 2.53. The predicted molar refractivity (Wildman–Crippen MR) is 66.2 cm³/mol. The van der Waals surface area contributed by atoms with Crippen molar-refractivity contribution in [1.82, 2.24) is 0 Å². The standard InChI is InChI=1S/C13H18N2/c1-4-11-5-7-12(8-6-11)13(15-3)9-10(2)14/h5-9H,4,14H2,1-3H3/b10-9+,15-13+. The van der Waals surface area contributed by atoms with Gasteiger partial charge in [-0.2, -0.15) is 0 Å². The maximum Gasteiger partial charge on any atom is 0.0660 e. The first-order valence-corrected chi connectivity index (χ1v) is 5.17. The smallest absolute Gasteiger partial charge is 0.0660 e. The molecule has 0 saturated heterocycles. The lowest BCUT2D eigenvalue weighted by Gasteiger charge is -2.03. The summed E-state index contributed by atoms with van der Waals surface area (Å²) < 4.78 is 0. The number of nitrogens with zero attached hydrogens (tertiary/aromatic N) is 1. The third-order valence-electron chi connectivity index (χ3n) is 2.26. The van der Waals surface area contributed by atoms with Gasteiger partial charge >= 0.3 is 0 Å². The molecule has 2 N–H and O–H groups in total. The lowest BCUT2D eigenvalue weighted by molar-refractivity contribution is 1.14. The van der Waals surface area contributed by atoms with Crippen molar-refractivity contribution in [3.05, 3.63) is 47.2 Å². The molecular formula is C13H18N2. The molecule has 2 heteroatoms. The van der Waals surface area contributed by atoms with E-state index in [0.29, 0.717) is 0 Å². The summed E-state index contributed by atoms with van der Waals surface area (Å²) in [7, 11) is 1.78. The Morgan fingerprint density at radius 1 is 1.33 bits per heavy atom. The minimum atomic E-state index is 0.773. The van der Waals surface area contributed by atoms with Crippen molar-refractivity contribution in [3.63, 3.8) is 0 Å². The van der Waals surface area contributed by atoms with Crippen LogP contribution in [0.2, 0.25) is 0 Å². The van der Waals surface area contributed by atoms with E-state index in [0.717, 1.165) is 23.4 Å². The average Bonchev–Trinajstić information content (AvgIpc) is 2.26. The van der Waals surface area contributed by atoms with E-state index in [1.165, 1.54) is 5.56 Å². The second-order valence-corrected chi connectivity index (χ2v) is 3.55. The zero-order valence-corrected chi connectivity index (χ0v) is 9.62. The van der Waals surface area contributed by atoms with Crippen LogP contribution in [0.25, 0.3) is 0 Å². The van der Waals surface area contributed by atoms with Gasteiger partial charge in [-0.15, -0.1) is 0 Å². The zero-order valence-electron chi connectivity index (χ0n) is 9.62. The van der Waals surface area contributed by atoms with Crippen LogP contribution in [0.15, 0.2) is 41.0 Å². The van der Waals surface area contributed by atoms with Gasteiger partial charge in [0.05, 0.1) is 5.71 Å². The summed E-state index contributed by atoms with van der Waals surface area (Å²) >= 11 is 0. The molecule has 2 nitrogen and oxygen atoms in total. The van der Waals surface area contributed by atoms with Crippen LogP contribution in [0.5, 0.6) is 0 Å². The molecule has 15 heavy (non-hydrogen) atoms. The maximum atomic E-state index is 5.64. The number of nitrogens with two attached hydrogens (primary N) is 1. The fourth-order valence-corrected chi connectivity index (χ4v) is 1.40. The highest BCUT2D eigenvalue weighted by atomic mass is 14.7. The first kappa shape index (κ1) is 11.5. The van der Waals surface area contributed by atoms with Crippen molar-refractivity contribution in [1.29, 1.82) is 0 Å². The lowest BCUT2D eigenvalue weighted by Crippen LogP contribution is -2.01. The van der Waals surface area contributed by atoms with Crippen molar-refractivity contribution >= 4 is 5.71 Å². The largest absolute Gasteiger partial charge is 0.402 e. The van der Waals surface area contributed by atoms with Gasteiger partial charge in [0.25, 0.3) is 0 Å². The van der Waals surface area contributed by atoms with Gasteiger partial charge in [0.1, 0.15) is 0 Å². The van der Waals surface area contributed by atoms with Crippen LogP contribution in [-0.4, -0.2) is 12.8 Å². The van der Waals surface area contributed by atoms with Gasteiger partial charge in [0, 0.05) is 12.7 Å². The summed E-state index contributed by atoms with van der Waals surface area (Å²) in [5, 5.41) is 0. The van der Waals surface area contributed by atoms with Gasteiger partial charge in [-0.1, -0.05) is 31.2 Å². The molecule has 1 aromatic rings. The molecule has 0 unspecified atom stereocenters. The summed E-state index contributed by atoms with van der Waals surface area (Å²) in [5.74, 6) is 0. The van der Waals surface area contributed by atoms with Crippen LogP contribution in [0, 0.1) is 0 Å². The van der Waals surface area contributed by atoms with Crippen molar-refractivity contribution in [2.75, 3.05) is 7.05 Å². The third-order valence-corrected chi connectivity index (χ3v) is 2.26. The molecule has 0 aliphatic carbocycles. The van der Waals surface area contributed by atoms with E-state index in [-0.39, 0.29) is 0 Å². The molecule has 0 aliphatic rings. The number of aliphatic imine (C=N–C) groups is 1. The van der Waals surface area contributed by atoms with E-state index in [2.05, 4.69) is 36.2 Å². The minimum Gasteiger partial charge on any atom is -0.402 e. The van der Waals surface area contributed by atoms with Crippen LogP contribution < -0.4 is 5.73 Å². The summed E-state index contributed by atoms with van der Waals surface area (Å²) in [5.41, 5.74) is 9.79. The number of benzene rings is 1. The molecule has 0 atom stereocenters. The second-order valence-electron chi connectivity index (χ2n) is 3.55. The highest BCUT2D eigenvalue weighted by Gasteiger charge is 1.99. The van der Waals surface area contributed by atoms with Gasteiger partial charge in [-0.25, -0.2) is 0 Å². The first-order chi connectivity index (χ1) is 7.17. The van der Waals surface area contributed by atoms with Gasteiger partial charge in [-0.3, -0.25) is 4.99 Å². The Labute approximate surface area is 91.5 Å². The lowest BCUT2D eigenvalue weighted by atomic mass is 10.1. The normalized spacial score (nSPS) is 13.0. The molecule has 0 bridgehead atoms. The van der Waals surface area contributed by atoms with Gasteiger partial charge in [0.2, 0.25) is 0 Å². The zero-order chi connectivity index (χ0) is 11.3. The number of rotatable bonds is 3. The van der Waals surface area contributed by atoms with Crippen molar-refractivity contribution < 1.29 is 0 Å². The number of hydrogen-bond acceptors (Lipinski definition) is 2. The Bertz CT molecular complexity index is 368. The molecule has 1 aromatic carbocycles. The van der Waals surface area contributed by atoms with Gasteiger partial charge < -0.3 is 5.73 Å². The molecule has 80 valence electrons. The van der Waals surface area contributed by atoms with Crippen LogP contribution in [0.4, 0.5) is 0 Å². The average molecular weight is 202 g/mol. The number of allylic oxidation sites excluding steroid dienone is 2. The van der Waals surface area contributed by atoms with E-state index in [4.69, 9.17) is 5.73 Å². The van der Waals surface area contributed by atoms with Crippen LogP contribution in [0.1, 0.15) is 25.0 Å². The van der Waals surface area contributed by atoms with E-state index in [1.807, 2.05) is 13.0 Å². The van der Waals surface area contributed by atoms with E-state index in [1.54, 1.807) is 7.05 Å². The SMILES string of the molecule is CCc1ccc(C(/C=C(\C)N)=N/C)cc1. The molecule has 0 heterocycles. The van der Waals surface area contributed by atoms with Crippen molar-refractivity contribution in [3.8, 4) is 0 Å². The molecule has 0 saturated carbocycles. The summed E-state index contributed by atoms with van der Waals surface area (Å²) in [6.45, 7) is 4.01. The number of hydrogen-bond donors (Lipinski definition) is 1. The van der Waals surface area contributed by atoms with E-state index < -0.39 is 0 Å². The highest BCUT2D eigenvalue weighted by molar-refractivity contribution is 6.08. The summed E-state index contributed by atoms with van der Waals surface area (Å²) in [4.78, 5) is 4.21. The molecule has 0 amide bonds. The number of aryl methyl sites for hydroxylation is 1. The fourth-order valence-electron chi connectivity index (χ4n) is 1.40. The molecule has 0 aromatic heterocycles. The van der Waals surface area contributed by atoms with Crippen LogP contribution >= 0.6 is 0 Å². The third kappa shape index (κ3) is 3.24. The Balaban J connectivity index is 2.99. The second kappa shape index (κ2) is 5.35. The highest BCUT2D eigenvalue weighted by Crippen LogP contribution is 2.07. The van der Waals surface area contributed by atoms with Gasteiger partial charge in [0.15, 0.2) is 0 Å². The van der Waals surface area contributed by atoms with E-state index >= 15 is 0 Å². The molecule has 0 radical (unpaired) electrons. The Hall–Kier alpha value is -1.57. The van der Waals surface area contributed by atoms with Crippen molar-refractivity contribution in [2.24, 2.45) is 10.7 Å². The Morgan fingerprint density at radius 2 is 1.93 bits per heavy atom. The topological polar surface area (TPSA) is 38.4 Å². The Kier molecular flexibility index (Phi) is 4.10. The molecule has 0 spiro atoms. The molecule has 1 rings (SSSR count).